The van der Waals surface area contributed by atoms with E-state index in [-0.39, 0.29) is 18.9 Å². The zero-order valence-corrected chi connectivity index (χ0v) is 18.7. The lowest BCUT2D eigenvalue weighted by atomic mass is 10.2. The van der Waals surface area contributed by atoms with Crippen molar-refractivity contribution in [2.24, 2.45) is 0 Å². The van der Waals surface area contributed by atoms with Crippen LogP contribution in [0.25, 0.3) is 0 Å². The first kappa shape index (κ1) is 23.1. The number of benzene rings is 2. The molecule has 0 aliphatic rings. The molecule has 2 rings (SSSR count). The highest BCUT2D eigenvalue weighted by atomic mass is 32.2. The van der Waals surface area contributed by atoms with E-state index < -0.39 is 10.0 Å². The zero-order valence-electron chi connectivity index (χ0n) is 17.1. The Balaban J connectivity index is 1.75. The first-order valence-electron chi connectivity index (χ1n) is 9.37. The van der Waals surface area contributed by atoms with E-state index in [1.807, 2.05) is 6.92 Å². The van der Waals surface area contributed by atoms with Crippen LogP contribution in [0.15, 0.2) is 53.4 Å². The smallest absolute Gasteiger partial charge is 0.232 e. The number of carbonyl (C=O) groups is 1. The van der Waals surface area contributed by atoms with Gasteiger partial charge in [0, 0.05) is 30.2 Å². The molecule has 0 saturated carbocycles. The van der Waals surface area contributed by atoms with Crippen LogP contribution in [0, 0.1) is 6.92 Å². The van der Waals surface area contributed by atoms with E-state index in [9.17, 15) is 13.2 Å². The fourth-order valence-electron chi connectivity index (χ4n) is 2.70. The summed E-state index contributed by atoms with van der Waals surface area (Å²) in [5, 5.41) is 2.89. The quantitative estimate of drug-likeness (QED) is 0.431. The largest absolute Gasteiger partial charge is 0.497 e. The molecule has 1 N–H and O–H groups in total. The summed E-state index contributed by atoms with van der Waals surface area (Å²) in [6.45, 7) is 2.87. The van der Waals surface area contributed by atoms with Crippen LogP contribution in [0.2, 0.25) is 0 Å². The van der Waals surface area contributed by atoms with Gasteiger partial charge in [-0.2, -0.15) is 0 Å². The third kappa shape index (κ3) is 7.98. The molecule has 2 aromatic carbocycles. The number of sulfonamides is 1. The van der Waals surface area contributed by atoms with Crippen LogP contribution in [0.1, 0.15) is 18.4 Å². The van der Waals surface area contributed by atoms with E-state index in [2.05, 4.69) is 29.6 Å². The Bertz CT molecular complexity index is 882. The number of ether oxygens (including phenoxy) is 1. The standard InChI is InChI=1S/C21H28N2O4S2/c1-17-6-12-20(13-7-17)28-16-14-22-21(24)5-4-15-23(29(3,25)26)18-8-10-19(27-2)11-9-18/h6-13H,4-5,14-16H2,1-3H3,(H,22,24). The van der Waals surface area contributed by atoms with E-state index in [0.717, 1.165) is 5.75 Å². The number of methoxy groups -OCH3 is 1. The Morgan fingerprint density at radius 3 is 2.34 bits per heavy atom. The Morgan fingerprint density at radius 2 is 1.76 bits per heavy atom. The third-order valence-corrected chi connectivity index (χ3v) is 6.45. The maximum atomic E-state index is 12.1. The second kappa shape index (κ2) is 11.1. The highest BCUT2D eigenvalue weighted by molar-refractivity contribution is 7.99. The number of hydrogen-bond donors (Lipinski definition) is 1. The molecule has 0 saturated heterocycles. The summed E-state index contributed by atoms with van der Waals surface area (Å²) in [5.74, 6) is 1.37. The lowest BCUT2D eigenvalue weighted by Crippen LogP contribution is -2.32. The molecule has 29 heavy (non-hydrogen) atoms. The van der Waals surface area contributed by atoms with Crippen LogP contribution in [0.3, 0.4) is 0 Å². The molecule has 158 valence electrons. The van der Waals surface area contributed by atoms with Gasteiger partial charge in [-0.1, -0.05) is 17.7 Å². The summed E-state index contributed by atoms with van der Waals surface area (Å²) in [6.07, 6.45) is 1.88. The third-order valence-electron chi connectivity index (χ3n) is 4.24. The second-order valence-corrected chi connectivity index (χ2v) is 9.72. The van der Waals surface area contributed by atoms with Gasteiger partial charge >= 0.3 is 0 Å². The van der Waals surface area contributed by atoms with E-state index in [1.54, 1.807) is 43.1 Å². The number of thioether (sulfide) groups is 1. The van der Waals surface area contributed by atoms with Crippen molar-refractivity contribution < 1.29 is 17.9 Å². The molecule has 0 spiro atoms. The summed E-state index contributed by atoms with van der Waals surface area (Å²) in [6, 6.07) is 15.1. The number of nitrogens with one attached hydrogen (secondary N) is 1. The average Bonchev–Trinajstić information content (AvgIpc) is 2.69. The van der Waals surface area contributed by atoms with E-state index in [1.165, 1.54) is 21.0 Å². The van der Waals surface area contributed by atoms with Crippen LogP contribution in [0.5, 0.6) is 5.75 Å². The molecule has 0 radical (unpaired) electrons. The first-order valence-corrected chi connectivity index (χ1v) is 12.2. The van der Waals surface area contributed by atoms with E-state index >= 15 is 0 Å². The topological polar surface area (TPSA) is 75.7 Å². The molecule has 0 heterocycles. The Hall–Kier alpha value is -2.19. The predicted molar refractivity (Wildman–Crippen MR) is 119 cm³/mol. The summed E-state index contributed by atoms with van der Waals surface area (Å²) >= 11 is 1.69. The van der Waals surface area contributed by atoms with Crippen LogP contribution < -0.4 is 14.4 Å². The molecular formula is C21H28N2O4S2. The molecule has 0 fully saturated rings. The lowest BCUT2D eigenvalue weighted by molar-refractivity contribution is -0.121. The van der Waals surface area contributed by atoms with Gasteiger partial charge < -0.3 is 10.1 Å². The molecular weight excluding hydrogens is 408 g/mol. The van der Waals surface area contributed by atoms with Crippen molar-refractivity contribution in [3.8, 4) is 5.75 Å². The molecule has 2 aromatic rings. The van der Waals surface area contributed by atoms with Crippen molar-refractivity contribution >= 4 is 33.4 Å². The van der Waals surface area contributed by atoms with E-state index in [4.69, 9.17) is 4.74 Å². The summed E-state index contributed by atoms with van der Waals surface area (Å²) in [7, 11) is -1.88. The van der Waals surface area contributed by atoms with Crippen LogP contribution in [-0.4, -0.2) is 46.5 Å². The molecule has 6 nitrogen and oxygen atoms in total. The van der Waals surface area contributed by atoms with Gasteiger partial charge in [0.1, 0.15) is 5.75 Å². The maximum absolute atomic E-state index is 12.1. The number of amides is 1. The molecule has 0 unspecified atom stereocenters. The van der Waals surface area contributed by atoms with Crippen LogP contribution >= 0.6 is 11.8 Å². The number of carbonyl (C=O) groups excluding carboxylic acids is 1. The van der Waals surface area contributed by atoms with Gasteiger partial charge in [-0.15, -0.1) is 11.8 Å². The number of anilines is 1. The Kier molecular flexibility index (Phi) is 8.85. The van der Waals surface area contributed by atoms with Gasteiger partial charge in [0.05, 0.1) is 19.1 Å². The fraction of sp³-hybridized carbons (Fsp3) is 0.381. The van der Waals surface area contributed by atoms with Gasteiger partial charge in [0.2, 0.25) is 15.9 Å². The number of hydrogen-bond acceptors (Lipinski definition) is 5. The number of aryl methyl sites for hydroxylation is 1. The Morgan fingerprint density at radius 1 is 1.10 bits per heavy atom. The predicted octanol–water partition coefficient (Wildman–Crippen LogP) is 3.46. The summed E-state index contributed by atoms with van der Waals surface area (Å²) in [4.78, 5) is 13.2. The van der Waals surface area contributed by atoms with Crippen molar-refractivity contribution in [1.82, 2.24) is 5.32 Å². The van der Waals surface area contributed by atoms with Gasteiger partial charge in [-0.05, 0) is 49.7 Å². The molecule has 0 atom stereocenters. The summed E-state index contributed by atoms with van der Waals surface area (Å²) in [5.41, 5.74) is 1.78. The average molecular weight is 437 g/mol. The molecule has 8 heteroatoms. The molecule has 0 aliphatic carbocycles. The van der Waals surface area contributed by atoms with Crippen molar-refractivity contribution in [2.45, 2.75) is 24.7 Å². The molecule has 0 aliphatic heterocycles. The van der Waals surface area contributed by atoms with Crippen molar-refractivity contribution in [3.63, 3.8) is 0 Å². The normalized spacial score (nSPS) is 11.1. The minimum Gasteiger partial charge on any atom is -0.497 e. The molecule has 0 aromatic heterocycles. The monoisotopic (exact) mass is 436 g/mol. The minimum atomic E-state index is -3.43. The van der Waals surface area contributed by atoms with Crippen LogP contribution in [0.4, 0.5) is 5.69 Å². The van der Waals surface area contributed by atoms with Crippen molar-refractivity contribution in [3.05, 3.63) is 54.1 Å². The fourth-order valence-corrected chi connectivity index (χ4v) is 4.43. The second-order valence-electron chi connectivity index (χ2n) is 6.65. The van der Waals surface area contributed by atoms with Gasteiger partial charge in [-0.25, -0.2) is 8.42 Å². The van der Waals surface area contributed by atoms with Gasteiger partial charge in [0.15, 0.2) is 0 Å². The van der Waals surface area contributed by atoms with Crippen molar-refractivity contribution in [1.29, 1.82) is 0 Å². The first-order chi connectivity index (χ1) is 13.8. The molecule has 1 amide bonds. The molecule has 0 bridgehead atoms. The SMILES string of the molecule is COc1ccc(N(CCCC(=O)NCCSc2ccc(C)cc2)S(C)(=O)=O)cc1. The van der Waals surface area contributed by atoms with Crippen LogP contribution in [-0.2, 0) is 14.8 Å². The highest BCUT2D eigenvalue weighted by Crippen LogP contribution is 2.22. The lowest BCUT2D eigenvalue weighted by Gasteiger charge is -2.22. The number of nitrogens with zero attached hydrogens (tertiary/aromatic N) is 1. The Labute approximate surface area is 177 Å². The van der Waals surface area contributed by atoms with Crippen molar-refractivity contribution in [2.75, 3.05) is 36.5 Å². The highest BCUT2D eigenvalue weighted by Gasteiger charge is 2.17. The maximum Gasteiger partial charge on any atom is 0.232 e. The van der Waals surface area contributed by atoms with Gasteiger partial charge in [-0.3, -0.25) is 9.10 Å². The van der Waals surface area contributed by atoms with E-state index in [0.29, 0.717) is 24.4 Å². The minimum absolute atomic E-state index is 0.0716. The zero-order chi connectivity index (χ0) is 21.3. The summed E-state index contributed by atoms with van der Waals surface area (Å²) < 4.78 is 30.7. The van der Waals surface area contributed by atoms with Gasteiger partial charge in [0.25, 0.3) is 0 Å². The number of rotatable bonds is 11.